The molecular formula is C8H14N2O2. The van der Waals surface area contributed by atoms with E-state index >= 15 is 0 Å². The van der Waals surface area contributed by atoms with Crippen molar-refractivity contribution >= 4 is 6.09 Å². The number of nitrogens with one attached hydrogen (secondary N) is 1. The summed E-state index contributed by atoms with van der Waals surface area (Å²) >= 11 is 0. The predicted molar refractivity (Wildman–Crippen MR) is 44.1 cm³/mol. The number of likely N-dealkylation sites (tertiary alicyclic amines) is 1. The lowest BCUT2D eigenvalue weighted by atomic mass is 9.83. The Balaban J connectivity index is 2.11. The Morgan fingerprint density at radius 3 is 3.08 bits per heavy atom. The van der Waals surface area contributed by atoms with E-state index in [1.165, 1.54) is 4.90 Å². The quantitative estimate of drug-likeness (QED) is 0.546. The Bertz CT molecular complexity index is 219. The number of rotatable bonds is 0. The molecule has 0 aromatic carbocycles. The molecule has 1 amide bonds. The van der Waals surface area contributed by atoms with Gasteiger partial charge in [0.25, 0.3) is 0 Å². The number of carboxylic acid groups (broad SMARTS) is 1. The highest BCUT2D eigenvalue weighted by atomic mass is 16.4. The van der Waals surface area contributed by atoms with Crippen molar-refractivity contribution in [2.45, 2.75) is 6.92 Å². The van der Waals surface area contributed by atoms with Crippen LogP contribution in [0.4, 0.5) is 4.79 Å². The molecule has 68 valence electrons. The van der Waals surface area contributed by atoms with Crippen molar-refractivity contribution in [1.82, 2.24) is 10.2 Å². The molecule has 2 heterocycles. The standard InChI is InChI=1S/C8H14N2O2/c1-8-4-9-2-6(8)3-10(5-8)7(11)12/h6,9H,2-5H2,1H3,(H,11,12). The average Bonchev–Trinajstić information content (AvgIpc) is 2.41. The van der Waals surface area contributed by atoms with Gasteiger partial charge in [-0.25, -0.2) is 4.79 Å². The SMILES string of the molecule is CC12CNCC1CN(C(=O)O)C2. The van der Waals surface area contributed by atoms with Crippen LogP contribution in [0.3, 0.4) is 0 Å². The summed E-state index contributed by atoms with van der Waals surface area (Å²) in [5, 5.41) is 12.1. The third-order valence-corrected chi connectivity index (χ3v) is 3.17. The Kier molecular flexibility index (Phi) is 1.54. The zero-order valence-electron chi connectivity index (χ0n) is 7.21. The third kappa shape index (κ3) is 0.982. The zero-order chi connectivity index (χ0) is 8.77. The van der Waals surface area contributed by atoms with Crippen molar-refractivity contribution < 1.29 is 9.90 Å². The molecule has 2 rings (SSSR count). The maximum atomic E-state index is 10.7. The van der Waals surface area contributed by atoms with Crippen LogP contribution in [0.25, 0.3) is 0 Å². The molecule has 0 radical (unpaired) electrons. The lowest BCUT2D eigenvalue weighted by Crippen LogP contribution is -2.33. The minimum absolute atomic E-state index is 0.193. The van der Waals surface area contributed by atoms with E-state index in [4.69, 9.17) is 5.11 Å². The Morgan fingerprint density at radius 2 is 2.50 bits per heavy atom. The Hall–Kier alpha value is -0.770. The minimum atomic E-state index is -0.773. The second-order valence-electron chi connectivity index (χ2n) is 4.14. The molecule has 2 aliphatic rings. The number of hydrogen-bond donors (Lipinski definition) is 2. The van der Waals surface area contributed by atoms with Gasteiger partial charge in [0.15, 0.2) is 0 Å². The van der Waals surface area contributed by atoms with Gasteiger partial charge in [0, 0.05) is 31.6 Å². The Labute approximate surface area is 71.5 Å². The molecule has 4 nitrogen and oxygen atoms in total. The summed E-state index contributed by atoms with van der Waals surface area (Å²) in [6.45, 7) is 5.50. The highest BCUT2D eigenvalue weighted by Gasteiger charge is 2.47. The number of hydrogen-bond acceptors (Lipinski definition) is 2. The molecule has 2 fully saturated rings. The smallest absolute Gasteiger partial charge is 0.407 e. The van der Waals surface area contributed by atoms with Gasteiger partial charge in [0.1, 0.15) is 0 Å². The fraction of sp³-hybridized carbons (Fsp3) is 0.875. The van der Waals surface area contributed by atoms with E-state index in [1.54, 1.807) is 0 Å². The first-order valence-electron chi connectivity index (χ1n) is 4.30. The fourth-order valence-electron chi connectivity index (χ4n) is 2.30. The third-order valence-electron chi connectivity index (χ3n) is 3.17. The van der Waals surface area contributed by atoms with Crippen molar-refractivity contribution in [3.63, 3.8) is 0 Å². The van der Waals surface area contributed by atoms with E-state index < -0.39 is 6.09 Å². The zero-order valence-corrected chi connectivity index (χ0v) is 7.21. The lowest BCUT2D eigenvalue weighted by Gasteiger charge is -2.20. The molecule has 2 saturated heterocycles. The van der Waals surface area contributed by atoms with E-state index in [1.807, 2.05) is 0 Å². The number of fused-ring (bicyclic) bond motifs is 1. The molecule has 2 N–H and O–H groups in total. The van der Waals surface area contributed by atoms with Crippen molar-refractivity contribution in [3.8, 4) is 0 Å². The first kappa shape index (κ1) is 7.86. The van der Waals surface area contributed by atoms with Gasteiger partial charge in [-0.3, -0.25) is 0 Å². The van der Waals surface area contributed by atoms with E-state index in [0.29, 0.717) is 19.0 Å². The molecule has 0 bridgehead atoms. The van der Waals surface area contributed by atoms with Crippen LogP contribution in [0.1, 0.15) is 6.92 Å². The molecule has 12 heavy (non-hydrogen) atoms. The number of carbonyl (C=O) groups is 1. The predicted octanol–water partition coefficient (Wildman–Crippen LogP) is 0.206. The summed E-state index contributed by atoms with van der Waals surface area (Å²) in [7, 11) is 0. The van der Waals surface area contributed by atoms with Gasteiger partial charge in [-0.2, -0.15) is 0 Å². The Morgan fingerprint density at radius 1 is 1.75 bits per heavy atom. The highest BCUT2D eigenvalue weighted by Crippen LogP contribution is 2.37. The monoisotopic (exact) mass is 170 g/mol. The van der Waals surface area contributed by atoms with Gasteiger partial charge in [-0.15, -0.1) is 0 Å². The molecule has 2 aliphatic heterocycles. The highest BCUT2D eigenvalue weighted by molar-refractivity contribution is 5.65. The molecule has 0 aromatic heterocycles. The lowest BCUT2D eigenvalue weighted by molar-refractivity contribution is 0.149. The van der Waals surface area contributed by atoms with Crippen molar-refractivity contribution in [2.75, 3.05) is 26.2 Å². The van der Waals surface area contributed by atoms with Crippen LogP contribution in [0, 0.1) is 11.3 Å². The molecule has 2 atom stereocenters. The van der Waals surface area contributed by atoms with Crippen LogP contribution in [-0.2, 0) is 0 Å². The van der Waals surface area contributed by atoms with Gasteiger partial charge in [-0.05, 0) is 5.92 Å². The van der Waals surface area contributed by atoms with Crippen LogP contribution in [0.15, 0.2) is 0 Å². The second kappa shape index (κ2) is 2.36. The molecule has 4 heteroatoms. The first-order valence-corrected chi connectivity index (χ1v) is 4.30. The molecule has 0 saturated carbocycles. The van der Waals surface area contributed by atoms with Gasteiger partial charge < -0.3 is 15.3 Å². The molecule has 0 aliphatic carbocycles. The van der Waals surface area contributed by atoms with Crippen molar-refractivity contribution in [1.29, 1.82) is 0 Å². The van der Waals surface area contributed by atoms with Crippen LogP contribution in [0.5, 0.6) is 0 Å². The summed E-state index contributed by atoms with van der Waals surface area (Å²) in [4.78, 5) is 12.2. The summed E-state index contributed by atoms with van der Waals surface area (Å²) < 4.78 is 0. The van der Waals surface area contributed by atoms with Crippen LogP contribution in [0.2, 0.25) is 0 Å². The number of amides is 1. The van der Waals surface area contributed by atoms with Crippen molar-refractivity contribution in [3.05, 3.63) is 0 Å². The maximum Gasteiger partial charge on any atom is 0.407 e. The van der Waals surface area contributed by atoms with E-state index in [-0.39, 0.29) is 5.41 Å². The van der Waals surface area contributed by atoms with E-state index in [2.05, 4.69) is 12.2 Å². The molecule has 0 aromatic rings. The van der Waals surface area contributed by atoms with E-state index in [0.717, 1.165) is 13.1 Å². The molecule has 2 unspecified atom stereocenters. The molecule has 0 spiro atoms. The number of nitrogens with zero attached hydrogens (tertiary/aromatic N) is 1. The summed E-state index contributed by atoms with van der Waals surface area (Å²) in [6, 6.07) is 0. The summed E-state index contributed by atoms with van der Waals surface area (Å²) in [5.74, 6) is 0.522. The van der Waals surface area contributed by atoms with Crippen LogP contribution >= 0.6 is 0 Å². The van der Waals surface area contributed by atoms with Gasteiger partial charge in [0.2, 0.25) is 0 Å². The van der Waals surface area contributed by atoms with Gasteiger partial charge in [-0.1, -0.05) is 6.92 Å². The average molecular weight is 170 g/mol. The summed E-state index contributed by atoms with van der Waals surface area (Å²) in [5.41, 5.74) is 0.193. The van der Waals surface area contributed by atoms with Gasteiger partial charge in [0.05, 0.1) is 0 Å². The van der Waals surface area contributed by atoms with Gasteiger partial charge >= 0.3 is 6.09 Å². The fourth-order valence-corrected chi connectivity index (χ4v) is 2.30. The van der Waals surface area contributed by atoms with Crippen molar-refractivity contribution in [2.24, 2.45) is 11.3 Å². The van der Waals surface area contributed by atoms with Crippen LogP contribution in [-0.4, -0.2) is 42.3 Å². The first-order chi connectivity index (χ1) is 5.62. The second-order valence-corrected chi connectivity index (χ2v) is 4.14. The summed E-state index contributed by atoms with van der Waals surface area (Å²) in [6.07, 6.45) is -0.773. The normalized spacial score (nSPS) is 40.1. The largest absolute Gasteiger partial charge is 0.465 e. The molecular weight excluding hydrogens is 156 g/mol. The van der Waals surface area contributed by atoms with E-state index in [9.17, 15) is 4.79 Å². The van der Waals surface area contributed by atoms with Crippen LogP contribution < -0.4 is 5.32 Å². The maximum absolute atomic E-state index is 10.7. The minimum Gasteiger partial charge on any atom is -0.465 e. The topological polar surface area (TPSA) is 52.6 Å².